The van der Waals surface area contributed by atoms with Crippen LogP contribution >= 0.6 is 11.3 Å². The van der Waals surface area contributed by atoms with Crippen LogP contribution in [0.1, 0.15) is 75.9 Å². The van der Waals surface area contributed by atoms with Gasteiger partial charge in [0.25, 0.3) is 12.4 Å². The molecule has 1 amide bonds. The molecule has 48 heavy (non-hydrogen) atoms. The van der Waals surface area contributed by atoms with E-state index in [0.29, 0.717) is 31.1 Å². The number of aromatic nitrogens is 3. The molecule has 5 rings (SSSR count). The number of methoxy groups -OCH3 is 1. The second kappa shape index (κ2) is 15.7. The van der Waals surface area contributed by atoms with Gasteiger partial charge in [-0.1, -0.05) is 19.9 Å². The van der Waals surface area contributed by atoms with E-state index in [1.165, 1.54) is 11.3 Å². The Morgan fingerprint density at radius 1 is 1.23 bits per heavy atom. The Hall–Kier alpha value is -3.68. The zero-order valence-corrected chi connectivity index (χ0v) is 29.6. The van der Waals surface area contributed by atoms with Crippen LogP contribution in [-0.2, 0) is 36.8 Å². The number of benzene rings is 1. The van der Waals surface area contributed by atoms with E-state index in [2.05, 4.69) is 55.0 Å². The van der Waals surface area contributed by atoms with Crippen LogP contribution in [0.3, 0.4) is 0 Å². The van der Waals surface area contributed by atoms with Gasteiger partial charge < -0.3 is 24.5 Å². The molecular formula is C36H48N6O5S. The first-order valence-corrected chi connectivity index (χ1v) is 17.6. The van der Waals surface area contributed by atoms with Crippen LogP contribution in [0.2, 0.25) is 0 Å². The summed E-state index contributed by atoms with van der Waals surface area (Å²) in [4.78, 5) is 34.2. The Kier molecular flexibility index (Phi) is 11.6. The molecule has 0 spiro atoms. The van der Waals surface area contributed by atoms with Crippen LogP contribution in [0.5, 0.6) is 0 Å². The van der Waals surface area contributed by atoms with Crippen LogP contribution in [0, 0.1) is 5.41 Å². The number of nitrogens with two attached hydrogens (primary N) is 1. The van der Waals surface area contributed by atoms with E-state index in [4.69, 9.17) is 29.9 Å². The number of hydrazine groups is 1. The minimum atomic E-state index is -0.885. The first-order valence-electron chi connectivity index (χ1n) is 16.7. The fraction of sp³-hybridized carbons (Fsp3) is 0.500. The van der Waals surface area contributed by atoms with Crippen molar-refractivity contribution in [3.63, 3.8) is 0 Å². The van der Waals surface area contributed by atoms with E-state index in [1.54, 1.807) is 18.3 Å². The molecular weight excluding hydrogens is 629 g/mol. The number of nitrogens with zero attached hydrogens (tertiary/aromatic N) is 4. The lowest BCUT2D eigenvalue weighted by molar-refractivity contribution is -0.141. The van der Waals surface area contributed by atoms with E-state index in [0.717, 1.165) is 70.6 Å². The smallest absolute Gasteiger partial charge is 0.293 e. The molecule has 0 saturated carbocycles. The van der Waals surface area contributed by atoms with Gasteiger partial charge in [0.1, 0.15) is 17.2 Å². The Labute approximate surface area is 286 Å². The molecule has 1 aromatic carbocycles. The molecule has 3 atom stereocenters. The highest BCUT2D eigenvalue weighted by atomic mass is 32.1. The van der Waals surface area contributed by atoms with Gasteiger partial charge in [-0.2, -0.15) is 0 Å². The molecule has 1 aliphatic rings. The molecule has 3 aromatic heterocycles. The first-order chi connectivity index (χ1) is 23.1. The van der Waals surface area contributed by atoms with Crippen molar-refractivity contribution >= 4 is 34.6 Å². The fourth-order valence-corrected chi connectivity index (χ4v) is 7.41. The van der Waals surface area contributed by atoms with Gasteiger partial charge in [-0.25, -0.2) is 10.4 Å². The van der Waals surface area contributed by atoms with Crippen molar-refractivity contribution in [1.29, 1.82) is 0 Å². The number of carbonyl (C=O) groups is 2. The van der Waals surface area contributed by atoms with Crippen molar-refractivity contribution in [2.75, 3.05) is 33.4 Å². The number of rotatable bonds is 15. The first kappa shape index (κ1) is 35.6. The predicted octanol–water partition coefficient (Wildman–Crippen LogP) is 5.83. The third kappa shape index (κ3) is 7.47. The maximum Gasteiger partial charge on any atom is 0.293 e. The predicted molar refractivity (Wildman–Crippen MR) is 188 cm³/mol. The van der Waals surface area contributed by atoms with Gasteiger partial charge in [0.15, 0.2) is 0 Å². The summed E-state index contributed by atoms with van der Waals surface area (Å²) in [5.41, 5.74) is 16.2. The standard InChI is InChI=1S/C36H48N6O5S/c1-7-41-29-14-13-24(28-20-48-34(40-28)33(47-8-2)30(37)35(44)42-17-10-9-16-39-42)18-26(29)27(19-36(4,5)21-46-22-43)32(41)25-12-11-15-38-31(25)23(3)45-6/h11-15,18,20,22-23,30,33,39H,7-10,16-17,19,21,37H2,1-6H3/t23-,30-,33-/m0/s1. The summed E-state index contributed by atoms with van der Waals surface area (Å²) in [5, 5.41) is 5.36. The highest BCUT2D eigenvalue weighted by Crippen LogP contribution is 2.42. The average Bonchev–Trinajstić information content (AvgIpc) is 3.71. The molecule has 11 nitrogen and oxygen atoms in total. The molecule has 1 saturated heterocycles. The molecule has 1 fully saturated rings. The van der Waals surface area contributed by atoms with Gasteiger partial charge in [0, 0.05) is 72.4 Å². The SMILES string of the molecule is CCO[C@H](c1nc(-c2ccc3c(c2)c(CC(C)(C)COC=O)c(-c2cccnc2[C@H](C)OC)n3CC)cs1)[C@H](N)C(=O)N1CCCCN1. The summed E-state index contributed by atoms with van der Waals surface area (Å²) in [6.07, 6.45) is 3.53. The largest absolute Gasteiger partial charge is 0.467 e. The Balaban J connectivity index is 1.60. The summed E-state index contributed by atoms with van der Waals surface area (Å²) in [7, 11) is 1.69. The number of carbonyl (C=O) groups excluding carboxylic acids is 2. The summed E-state index contributed by atoms with van der Waals surface area (Å²) < 4.78 is 19.4. The van der Waals surface area contributed by atoms with Crippen LogP contribution < -0.4 is 11.2 Å². The lowest BCUT2D eigenvalue weighted by atomic mass is 9.84. The second-order valence-corrected chi connectivity index (χ2v) is 13.8. The minimum Gasteiger partial charge on any atom is -0.467 e. The maximum atomic E-state index is 13.3. The van der Waals surface area contributed by atoms with Crippen LogP contribution in [0.25, 0.3) is 33.4 Å². The molecule has 0 aliphatic carbocycles. The van der Waals surface area contributed by atoms with Crippen LogP contribution in [0.4, 0.5) is 0 Å². The number of amides is 1. The second-order valence-electron chi connectivity index (χ2n) is 12.9. The van der Waals surface area contributed by atoms with Crippen LogP contribution in [-0.4, -0.2) is 71.4 Å². The van der Waals surface area contributed by atoms with E-state index in [1.807, 2.05) is 25.3 Å². The molecule has 3 N–H and O–H groups in total. The molecule has 0 unspecified atom stereocenters. The molecule has 0 radical (unpaired) electrons. The number of thiazole rings is 1. The molecule has 1 aliphatic heterocycles. The normalized spacial score (nSPS) is 15.8. The number of hydrogen-bond donors (Lipinski definition) is 2. The highest BCUT2D eigenvalue weighted by molar-refractivity contribution is 7.10. The topological polar surface area (TPSA) is 134 Å². The molecule has 0 bridgehead atoms. The molecule has 258 valence electrons. The zero-order chi connectivity index (χ0) is 34.4. The van der Waals surface area contributed by atoms with Gasteiger partial charge in [-0.05, 0) is 69.9 Å². The van der Waals surface area contributed by atoms with Gasteiger partial charge >= 0.3 is 0 Å². The third-order valence-corrected chi connectivity index (χ3v) is 9.82. The van der Waals surface area contributed by atoms with Crippen molar-refractivity contribution in [3.8, 4) is 22.5 Å². The minimum absolute atomic E-state index is 0.192. The Morgan fingerprint density at radius 2 is 2.04 bits per heavy atom. The number of hydrogen-bond acceptors (Lipinski definition) is 10. The number of ether oxygens (including phenoxy) is 3. The van der Waals surface area contributed by atoms with E-state index >= 15 is 0 Å². The maximum absolute atomic E-state index is 13.3. The summed E-state index contributed by atoms with van der Waals surface area (Å²) >= 11 is 1.45. The summed E-state index contributed by atoms with van der Waals surface area (Å²) in [5.74, 6) is -0.192. The van der Waals surface area contributed by atoms with Crippen LogP contribution in [0.15, 0.2) is 41.9 Å². The number of pyridine rings is 1. The third-order valence-electron chi connectivity index (χ3n) is 8.91. The summed E-state index contributed by atoms with van der Waals surface area (Å²) in [6.45, 7) is 13.5. The lowest BCUT2D eigenvalue weighted by Gasteiger charge is -2.31. The van der Waals surface area contributed by atoms with Gasteiger partial charge in [0.2, 0.25) is 0 Å². The monoisotopic (exact) mass is 676 g/mol. The van der Waals surface area contributed by atoms with Crippen molar-refractivity contribution in [3.05, 3.63) is 58.2 Å². The van der Waals surface area contributed by atoms with Gasteiger partial charge in [-0.15, -0.1) is 11.3 Å². The quantitative estimate of drug-likeness (QED) is 0.149. The number of aryl methyl sites for hydroxylation is 1. The Bertz CT molecular complexity index is 1710. The molecule has 12 heteroatoms. The summed E-state index contributed by atoms with van der Waals surface area (Å²) in [6, 6.07) is 9.58. The van der Waals surface area contributed by atoms with Crippen molar-refractivity contribution in [1.82, 2.24) is 25.0 Å². The Morgan fingerprint density at radius 3 is 2.73 bits per heavy atom. The van der Waals surface area contributed by atoms with Crippen molar-refractivity contribution in [2.45, 2.75) is 78.7 Å². The fourth-order valence-electron chi connectivity index (χ4n) is 6.49. The molecule has 4 aromatic rings. The average molecular weight is 677 g/mol. The van der Waals surface area contributed by atoms with Gasteiger partial charge in [-0.3, -0.25) is 19.6 Å². The van der Waals surface area contributed by atoms with E-state index < -0.39 is 12.1 Å². The highest BCUT2D eigenvalue weighted by Gasteiger charge is 2.34. The van der Waals surface area contributed by atoms with Gasteiger partial charge in [0.05, 0.1) is 29.8 Å². The molecule has 4 heterocycles. The zero-order valence-electron chi connectivity index (χ0n) is 28.8. The van der Waals surface area contributed by atoms with E-state index in [9.17, 15) is 9.59 Å². The van der Waals surface area contributed by atoms with E-state index in [-0.39, 0.29) is 24.0 Å². The number of nitrogens with one attached hydrogen (secondary N) is 1. The lowest BCUT2D eigenvalue weighted by Crippen LogP contribution is -2.55. The van der Waals surface area contributed by atoms with Crippen molar-refractivity contribution in [2.24, 2.45) is 11.1 Å². The van der Waals surface area contributed by atoms with Crippen molar-refractivity contribution < 1.29 is 23.8 Å². The number of fused-ring (bicyclic) bond motifs is 1.